The van der Waals surface area contributed by atoms with E-state index in [1.165, 1.54) is 50.4 Å². The molecule has 6 heteroatoms. The van der Waals surface area contributed by atoms with Crippen molar-refractivity contribution < 1.29 is 9.59 Å². The van der Waals surface area contributed by atoms with E-state index >= 15 is 0 Å². The molecule has 2 N–H and O–H groups in total. The second kappa shape index (κ2) is 7.75. The van der Waals surface area contributed by atoms with Crippen LogP contribution in [0.25, 0.3) is 10.2 Å². The van der Waals surface area contributed by atoms with E-state index in [1.54, 1.807) is 0 Å². The maximum absolute atomic E-state index is 12.1. The van der Waals surface area contributed by atoms with Gasteiger partial charge in [-0.05, 0) is 30.5 Å². The van der Waals surface area contributed by atoms with Crippen LogP contribution in [-0.4, -0.2) is 16.8 Å². The average Bonchev–Trinajstić information content (AvgIpc) is 2.94. The van der Waals surface area contributed by atoms with Crippen LogP contribution in [0.4, 0.5) is 10.8 Å². The van der Waals surface area contributed by atoms with Crippen LogP contribution in [0.15, 0.2) is 18.2 Å². The molecule has 1 heterocycles. The number of rotatable bonds is 5. The fourth-order valence-electron chi connectivity index (χ4n) is 3.25. The second-order valence-electron chi connectivity index (χ2n) is 6.47. The molecule has 2 amide bonds. The van der Waals surface area contributed by atoms with Crippen molar-refractivity contribution in [2.45, 2.75) is 51.9 Å². The highest BCUT2D eigenvalue weighted by Gasteiger charge is 2.15. The molecule has 3 rings (SSSR count). The number of hydrogen-bond donors (Lipinski definition) is 2. The fraction of sp³-hybridized carbons (Fsp3) is 0.500. The summed E-state index contributed by atoms with van der Waals surface area (Å²) >= 11 is 1.43. The lowest BCUT2D eigenvalue weighted by Gasteiger charge is -2.20. The summed E-state index contributed by atoms with van der Waals surface area (Å²) in [4.78, 5) is 27.7. The summed E-state index contributed by atoms with van der Waals surface area (Å²) in [5.74, 6) is 0.650. The SMILES string of the molecule is CC(=O)Nc1ccc2nc(NC(=O)CCC3CCCCC3)sc2c1. The van der Waals surface area contributed by atoms with E-state index in [2.05, 4.69) is 15.6 Å². The molecule has 1 aromatic carbocycles. The van der Waals surface area contributed by atoms with Gasteiger partial charge in [0.05, 0.1) is 10.2 Å². The molecule has 5 nitrogen and oxygen atoms in total. The molecule has 1 fully saturated rings. The Morgan fingerprint density at radius 1 is 1.21 bits per heavy atom. The Morgan fingerprint density at radius 3 is 2.75 bits per heavy atom. The van der Waals surface area contributed by atoms with Gasteiger partial charge in [0, 0.05) is 19.0 Å². The molecule has 0 radical (unpaired) electrons. The molecule has 0 unspecified atom stereocenters. The van der Waals surface area contributed by atoms with Crippen molar-refractivity contribution in [2.75, 3.05) is 10.6 Å². The number of nitrogens with one attached hydrogen (secondary N) is 2. The zero-order chi connectivity index (χ0) is 16.9. The second-order valence-corrected chi connectivity index (χ2v) is 7.50. The third kappa shape index (κ3) is 4.54. The van der Waals surface area contributed by atoms with Gasteiger partial charge in [0.25, 0.3) is 0 Å². The summed E-state index contributed by atoms with van der Waals surface area (Å²) < 4.78 is 0.948. The van der Waals surface area contributed by atoms with Gasteiger partial charge in [-0.25, -0.2) is 4.98 Å². The number of thiazole rings is 1. The van der Waals surface area contributed by atoms with Crippen molar-refractivity contribution in [1.82, 2.24) is 4.98 Å². The smallest absolute Gasteiger partial charge is 0.226 e. The van der Waals surface area contributed by atoms with E-state index in [0.717, 1.165) is 22.3 Å². The maximum atomic E-state index is 12.1. The number of amides is 2. The molecule has 1 aliphatic carbocycles. The van der Waals surface area contributed by atoms with E-state index in [4.69, 9.17) is 0 Å². The summed E-state index contributed by atoms with van der Waals surface area (Å²) in [7, 11) is 0. The Labute approximate surface area is 145 Å². The maximum Gasteiger partial charge on any atom is 0.226 e. The number of carbonyl (C=O) groups excluding carboxylic acids is 2. The molecule has 0 aliphatic heterocycles. The van der Waals surface area contributed by atoms with Gasteiger partial charge >= 0.3 is 0 Å². The number of fused-ring (bicyclic) bond motifs is 1. The molecule has 0 saturated heterocycles. The van der Waals surface area contributed by atoms with Crippen molar-refractivity contribution in [1.29, 1.82) is 0 Å². The lowest BCUT2D eigenvalue weighted by molar-refractivity contribution is -0.116. The molecular weight excluding hydrogens is 322 g/mol. The zero-order valence-electron chi connectivity index (χ0n) is 13.9. The van der Waals surface area contributed by atoms with Crippen LogP contribution < -0.4 is 10.6 Å². The molecule has 128 valence electrons. The summed E-state index contributed by atoms with van der Waals surface area (Å²) in [5, 5.41) is 6.29. The van der Waals surface area contributed by atoms with Gasteiger partial charge in [-0.1, -0.05) is 43.4 Å². The lowest BCUT2D eigenvalue weighted by Crippen LogP contribution is -2.14. The summed E-state index contributed by atoms with van der Waals surface area (Å²) in [5.41, 5.74) is 1.57. The van der Waals surface area contributed by atoms with Crippen molar-refractivity contribution >= 4 is 44.2 Å². The number of hydrogen-bond acceptors (Lipinski definition) is 4. The fourth-order valence-corrected chi connectivity index (χ4v) is 4.17. The topological polar surface area (TPSA) is 71.1 Å². The van der Waals surface area contributed by atoms with Gasteiger partial charge in [0.15, 0.2) is 5.13 Å². The standard InChI is InChI=1S/C18H23N3O2S/c1-12(22)19-14-8-9-15-16(11-14)24-18(20-15)21-17(23)10-7-13-5-3-2-4-6-13/h8-9,11,13H,2-7,10H2,1H3,(H,19,22)(H,20,21,23). The molecule has 1 saturated carbocycles. The third-order valence-electron chi connectivity index (χ3n) is 4.46. The van der Waals surface area contributed by atoms with Gasteiger partial charge in [0.1, 0.15) is 0 Å². The number of benzene rings is 1. The van der Waals surface area contributed by atoms with Crippen molar-refractivity contribution in [3.8, 4) is 0 Å². The zero-order valence-corrected chi connectivity index (χ0v) is 14.7. The Bertz CT molecular complexity index is 735. The largest absolute Gasteiger partial charge is 0.326 e. The highest BCUT2D eigenvalue weighted by atomic mass is 32.1. The first-order chi connectivity index (χ1) is 11.6. The van der Waals surface area contributed by atoms with Gasteiger partial charge in [-0.3, -0.25) is 9.59 Å². The normalized spacial score (nSPS) is 15.4. The first kappa shape index (κ1) is 16.9. The monoisotopic (exact) mass is 345 g/mol. The molecule has 0 bridgehead atoms. The highest BCUT2D eigenvalue weighted by Crippen LogP contribution is 2.30. The minimum atomic E-state index is -0.102. The van der Waals surface area contributed by atoms with Crippen LogP contribution in [0.3, 0.4) is 0 Å². The minimum Gasteiger partial charge on any atom is -0.326 e. The highest BCUT2D eigenvalue weighted by molar-refractivity contribution is 7.22. The van der Waals surface area contributed by atoms with Crippen molar-refractivity contribution in [3.63, 3.8) is 0 Å². The van der Waals surface area contributed by atoms with E-state index < -0.39 is 0 Å². The molecule has 24 heavy (non-hydrogen) atoms. The molecule has 1 aliphatic rings. The van der Waals surface area contributed by atoms with Gasteiger partial charge in [0.2, 0.25) is 11.8 Å². The Morgan fingerprint density at radius 2 is 2.00 bits per heavy atom. The number of aromatic nitrogens is 1. The quantitative estimate of drug-likeness (QED) is 0.835. The third-order valence-corrected chi connectivity index (χ3v) is 5.39. The van der Waals surface area contributed by atoms with E-state index in [1.807, 2.05) is 18.2 Å². The summed E-state index contributed by atoms with van der Waals surface area (Å²) in [6.45, 7) is 1.48. The molecular formula is C18H23N3O2S. The number of carbonyl (C=O) groups is 2. The lowest BCUT2D eigenvalue weighted by atomic mass is 9.86. The number of nitrogens with zero attached hydrogens (tertiary/aromatic N) is 1. The van der Waals surface area contributed by atoms with E-state index in [0.29, 0.717) is 17.5 Å². The molecule has 1 aromatic heterocycles. The Hall–Kier alpha value is -1.95. The van der Waals surface area contributed by atoms with Crippen molar-refractivity contribution in [2.24, 2.45) is 5.92 Å². The predicted molar refractivity (Wildman–Crippen MR) is 98.4 cm³/mol. The first-order valence-electron chi connectivity index (χ1n) is 8.58. The number of anilines is 2. The average molecular weight is 345 g/mol. The van der Waals surface area contributed by atoms with Gasteiger partial charge in [-0.15, -0.1) is 0 Å². The van der Waals surface area contributed by atoms with Crippen LogP contribution >= 0.6 is 11.3 Å². The van der Waals surface area contributed by atoms with Gasteiger partial charge < -0.3 is 10.6 Å². The van der Waals surface area contributed by atoms with E-state index in [-0.39, 0.29) is 11.8 Å². The van der Waals surface area contributed by atoms with Crippen LogP contribution in [0.2, 0.25) is 0 Å². The van der Waals surface area contributed by atoms with Crippen molar-refractivity contribution in [3.05, 3.63) is 18.2 Å². The van der Waals surface area contributed by atoms with Crippen LogP contribution in [0, 0.1) is 5.92 Å². The molecule has 2 aromatic rings. The van der Waals surface area contributed by atoms with E-state index in [9.17, 15) is 9.59 Å². The van der Waals surface area contributed by atoms with Crippen LogP contribution in [-0.2, 0) is 9.59 Å². The molecule has 0 atom stereocenters. The minimum absolute atomic E-state index is 0.0433. The first-order valence-corrected chi connectivity index (χ1v) is 9.40. The van der Waals surface area contributed by atoms with Crippen LogP contribution in [0.1, 0.15) is 51.9 Å². The van der Waals surface area contributed by atoms with Gasteiger partial charge in [-0.2, -0.15) is 0 Å². The molecule has 0 spiro atoms. The Balaban J connectivity index is 1.57. The summed E-state index contributed by atoms with van der Waals surface area (Å²) in [6, 6.07) is 5.55. The predicted octanol–water partition coefficient (Wildman–Crippen LogP) is 4.55. The van der Waals surface area contributed by atoms with Crippen LogP contribution in [0.5, 0.6) is 0 Å². The summed E-state index contributed by atoms with van der Waals surface area (Å²) in [6.07, 6.45) is 8.03. The Kier molecular flexibility index (Phi) is 5.45.